The summed E-state index contributed by atoms with van der Waals surface area (Å²) in [5.74, 6) is 0.883. The van der Waals surface area contributed by atoms with Gasteiger partial charge in [0.1, 0.15) is 22.5 Å². The molecule has 0 aliphatic carbocycles. The molecule has 0 atom stereocenters. The van der Waals surface area contributed by atoms with Crippen LogP contribution in [-0.2, 0) is 23.1 Å². The van der Waals surface area contributed by atoms with Gasteiger partial charge in [0.05, 0.1) is 38.8 Å². The second-order valence-electron chi connectivity index (χ2n) is 7.96. The summed E-state index contributed by atoms with van der Waals surface area (Å²) in [5.41, 5.74) is 3.23. The molecule has 1 N–H and O–H groups in total. The minimum absolute atomic E-state index is 0.0405. The van der Waals surface area contributed by atoms with E-state index in [2.05, 4.69) is 5.32 Å². The first kappa shape index (κ1) is 25.3. The van der Waals surface area contributed by atoms with Gasteiger partial charge in [-0.2, -0.15) is 0 Å². The molecule has 0 aliphatic heterocycles. The summed E-state index contributed by atoms with van der Waals surface area (Å²) in [5, 5.41) is 3.30. The van der Waals surface area contributed by atoms with Gasteiger partial charge in [-0.05, 0) is 17.7 Å². The Hall–Kier alpha value is -3.76. The maximum atomic E-state index is 13.5. The van der Waals surface area contributed by atoms with Crippen molar-refractivity contribution in [2.45, 2.75) is 11.7 Å². The van der Waals surface area contributed by atoms with Gasteiger partial charge in [0.2, 0.25) is 5.91 Å². The van der Waals surface area contributed by atoms with E-state index in [1.54, 1.807) is 41.6 Å². The maximum absolute atomic E-state index is 13.5. The van der Waals surface area contributed by atoms with Crippen LogP contribution in [0.1, 0.15) is 0 Å². The van der Waals surface area contributed by atoms with Crippen LogP contribution >= 0.6 is 11.8 Å². The Morgan fingerprint density at radius 2 is 1.86 bits per heavy atom. The fourth-order valence-corrected chi connectivity index (χ4v) is 4.72. The van der Waals surface area contributed by atoms with Crippen molar-refractivity contribution in [3.8, 4) is 22.6 Å². The first-order chi connectivity index (χ1) is 17.5. The maximum Gasteiger partial charge on any atom is 0.278 e. The number of fused-ring (bicyclic) bond motifs is 1. The van der Waals surface area contributed by atoms with Gasteiger partial charge in [-0.25, -0.2) is 4.98 Å². The Balaban J connectivity index is 1.67. The van der Waals surface area contributed by atoms with Crippen molar-refractivity contribution in [2.75, 3.05) is 39.0 Å². The van der Waals surface area contributed by atoms with E-state index in [0.29, 0.717) is 46.5 Å². The summed E-state index contributed by atoms with van der Waals surface area (Å²) >= 11 is 1.19. The number of aryl methyl sites for hydroxylation is 1. The van der Waals surface area contributed by atoms with Crippen LogP contribution < -0.4 is 20.3 Å². The second kappa shape index (κ2) is 11.3. The number of carbonyl (C=O) groups excluding carboxylic acids is 1. The number of carbonyl (C=O) groups is 1. The largest absolute Gasteiger partial charge is 0.497 e. The molecule has 0 saturated heterocycles. The third-order valence-corrected chi connectivity index (χ3v) is 6.63. The summed E-state index contributed by atoms with van der Waals surface area (Å²) in [6, 6.07) is 15.0. The van der Waals surface area contributed by atoms with Gasteiger partial charge in [0, 0.05) is 32.0 Å². The Morgan fingerprint density at radius 1 is 1.08 bits per heavy atom. The number of hydrogen-bond acceptors (Lipinski definition) is 7. The highest BCUT2D eigenvalue weighted by atomic mass is 32.2. The van der Waals surface area contributed by atoms with Crippen LogP contribution in [0.5, 0.6) is 11.5 Å². The number of nitrogens with zero attached hydrogens (tertiary/aromatic N) is 3. The summed E-state index contributed by atoms with van der Waals surface area (Å²) in [4.78, 5) is 31.2. The molecule has 1 amide bonds. The van der Waals surface area contributed by atoms with Gasteiger partial charge in [-0.15, -0.1) is 0 Å². The molecule has 4 aromatic rings. The highest BCUT2D eigenvalue weighted by Crippen LogP contribution is 2.31. The number of hydrogen-bond donors (Lipinski definition) is 1. The van der Waals surface area contributed by atoms with Gasteiger partial charge in [0.15, 0.2) is 5.16 Å². The number of ether oxygens (including phenoxy) is 3. The molecule has 2 aromatic carbocycles. The number of benzene rings is 2. The number of nitrogens with one attached hydrogen (secondary N) is 1. The van der Waals surface area contributed by atoms with Gasteiger partial charge in [-0.1, -0.05) is 42.1 Å². The normalized spacial score (nSPS) is 11.0. The van der Waals surface area contributed by atoms with E-state index in [0.717, 1.165) is 11.1 Å². The average Bonchev–Trinajstić information content (AvgIpc) is 3.23. The zero-order chi connectivity index (χ0) is 25.7. The van der Waals surface area contributed by atoms with Crippen LogP contribution in [0.4, 0.5) is 5.69 Å². The molecule has 0 unspecified atom stereocenters. The van der Waals surface area contributed by atoms with E-state index in [-0.39, 0.29) is 17.2 Å². The minimum atomic E-state index is -0.268. The molecule has 36 heavy (non-hydrogen) atoms. The highest BCUT2D eigenvalue weighted by molar-refractivity contribution is 7.99. The first-order valence-electron chi connectivity index (χ1n) is 11.3. The number of anilines is 1. The van der Waals surface area contributed by atoms with Crippen molar-refractivity contribution in [1.29, 1.82) is 0 Å². The zero-order valence-corrected chi connectivity index (χ0v) is 21.4. The zero-order valence-electron chi connectivity index (χ0n) is 20.6. The third kappa shape index (κ3) is 5.24. The molecule has 10 heteroatoms. The molecular formula is C26H28N4O5S. The number of methoxy groups -OCH3 is 3. The van der Waals surface area contributed by atoms with Crippen LogP contribution in [0.2, 0.25) is 0 Å². The lowest BCUT2D eigenvalue weighted by Crippen LogP contribution is -2.27. The summed E-state index contributed by atoms with van der Waals surface area (Å²) < 4.78 is 19.2. The molecule has 2 aromatic heterocycles. The number of amides is 1. The Labute approximate surface area is 213 Å². The van der Waals surface area contributed by atoms with E-state index in [1.165, 1.54) is 18.9 Å². The van der Waals surface area contributed by atoms with Crippen molar-refractivity contribution in [3.63, 3.8) is 0 Å². The van der Waals surface area contributed by atoms with Crippen molar-refractivity contribution in [3.05, 3.63) is 65.1 Å². The highest BCUT2D eigenvalue weighted by Gasteiger charge is 2.20. The van der Waals surface area contributed by atoms with Crippen LogP contribution in [-0.4, -0.2) is 53.7 Å². The molecule has 0 aliphatic rings. The Bertz CT molecular complexity index is 1430. The standard InChI is InChI=1S/C26H28N4O5S/c1-29-15-19(17-8-6-5-7-9-17)23-24(29)25(32)30(12-13-33-2)26(28-23)36-16-22(31)27-20-14-18(34-3)10-11-21(20)35-4/h5-11,14-15H,12-13,16H2,1-4H3,(H,27,31). The molecule has 0 bridgehead atoms. The lowest BCUT2D eigenvalue weighted by Gasteiger charge is -2.14. The van der Waals surface area contributed by atoms with E-state index in [4.69, 9.17) is 19.2 Å². The van der Waals surface area contributed by atoms with E-state index < -0.39 is 0 Å². The number of aromatic nitrogens is 3. The van der Waals surface area contributed by atoms with Gasteiger partial charge >= 0.3 is 0 Å². The van der Waals surface area contributed by atoms with Gasteiger partial charge in [0.25, 0.3) is 5.56 Å². The molecule has 188 valence electrons. The Morgan fingerprint density at radius 3 is 2.56 bits per heavy atom. The van der Waals surface area contributed by atoms with Crippen molar-refractivity contribution < 1.29 is 19.0 Å². The lowest BCUT2D eigenvalue weighted by molar-refractivity contribution is -0.113. The molecule has 4 rings (SSSR count). The van der Waals surface area contributed by atoms with Crippen LogP contribution in [0.3, 0.4) is 0 Å². The molecule has 0 spiro atoms. The van der Waals surface area contributed by atoms with Crippen LogP contribution in [0, 0.1) is 0 Å². The SMILES string of the molecule is COCCn1c(SCC(=O)Nc2cc(OC)ccc2OC)nc2c(-c3ccccc3)cn(C)c2c1=O. The predicted octanol–water partition coefficient (Wildman–Crippen LogP) is 3.80. The molecular weight excluding hydrogens is 480 g/mol. The fourth-order valence-electron chi connectivity index (χ4n) is 3.90. The van der Waals surface area contributed by atoms with Gasteiger partial charge < -0.3 is 24.1 Å². The van der Waals surface area contributed by atoms with E-state index in [9.17, 15) is 9.59 Å². The molecule has 0 fully saturated rings. The van der Waals surface area contributed by atoms with Crippen molar-refractivity contribution in [2.24, 2.45) is 7.05 Å². The Kier molecular flexibility index (Phi) is 7.97. The number of rotatable bonds is 10. The van der Waals surface area contributed by atoms with Crippen molar-refractivity contribution >= 4 is 34.4 Å². The lowest BCUT2D eigenvalue weighted by atomic mass is 10.1. The molecule has 0 saturated carbocycles. The van der Waals surface area contributed by atoms with E-state index in [1.807, 2.05) is 43.6 Å². The average molecular weight is 509 g/mol. The fraction of sp³-hybridized carbons (Fsp3) is 0.269. The molecule has 9 nitrogen and oxygen atoms in total. The van der Waals surface area contributed by atoms with Crippen molar-refractivity contribution in [1.82, 2.24) is 14.1 Å². The quantitative estimate of drug-likeness (QED) is 0.257. The van der Waals surface area contributed by atoms with Crippen LogP contribution in [0.25, 0.3) is 22.2 Å². The second-order valence-corrected chi connectivity index (χ2v) is 8.91. The summed E-state index contributed by atoms with van der Waals surface area (Å²) in [6.45, 7) is 0.654. The first-order valence-corrected chi connectivity index (χ1v) is 12.2. The van der Waals surface area contributed by atoms with Crippen LogP contribution in [0.15, 0.2) is 64.7 Å². The summed E-state index contributed by atoms with van der Waals surface area (Å²) in [6.07, 6.45) is 1.91. The van der Waals surface area contributed by atoms with Gasteiger partial charge in [-0.3, -0.25) is 14.2 Å². The summed E-state index contributed by atoms with van der Waals surface area (Å²) in [7, 11) is 6.50. The number of thioether (sulfide) groups is 1. The molecule has 2 heterocycles. The monoisotopic (exact) mass is 508 g/mol. The topological polar surface area (TPSA) is 96.6 Å². The smallest absolute Gasteiger partial charge is 0.278 e. The predicted molar refractivity (Wildman–Crippen MR) is 141 cm³/mol. The third-order valence-electron chi connectivity index (χ3n) is 5.66. The minimum Gasteiger partial charge on any atom is -0.497 e. The van der Waals surface area contributed by atoms with E-state index >= 15 is 0 Å². The molecule has 0 radical (unpaired) electrons.